The molecule has 2 saturated heterocycles. The molecule has 0 radical (unpaired) electrons. The van der Waals surface area contributed by atoms with Crippen LogP contribution in [0.3, 0.4) is 0 Å². The van der Waals surface area contributed by atoms with Crippen molar-refractivity contribution in [3.8, 4) is 18.2 Å². The molecule has 27 heavy (non-hydrogen) atoms. The van der Waals surface area contributed by atoms with E-state index in [1.807, 2.05) is 6.07 Å². The Morgan fingerprint density at radius 3 is 2.07 bits per heavy atom. The van der Waals surface area contributed by atoms with Gasteiger partial charge in [0.2, 0.25) is 17.1 Å². The van der Waals surface area contributed by atoms with Crippen molar-refractivity contribution in [3.05, 3.63) is 35.4 Å². The summed E-state index contributed by atoms with van der Waals surface area (Å²) in [4.78, 5) is 0. The van der Waals surface area contributed by atoms with Gasteiger partial charge in [-0.1, -0.05) is 19.1 Å². The summed E-state index contributed by atoms with van der Waals surface area (Å²) >= 11 is 0. The fourth-order valence-corrected chi connectivity index (χ4v) is 3.86. The lowest BCUT2D eigenvalue weighted by Gasteiger charge is -2.47. The van der Waals surface area contributed by atoms with Crippen molar-refractivity contribution < 1.29 is 22.6 Å². The van der Waals surface area contributed by atoms with E-state index in [4.69, 9.17) is 14.9 Å². The number of benzene rings is 1. The number of hydrogen-bond donors (Lipinski definition) is 1. The second kappa shape index (κ2) is 5.45. The third-order valence-electron chi connectivity index (χ3n) is 5.54. The maximum Gasteiger partial charge on any atom is 0.416 e. The number of nitriles is 3. The van der Waals surface area contributed by atoms with Gasteiger partial charge < -0.3 is 9.47 Å². The standard InChI is InChI=1S/C18H13F3N4O2/c1-10-15(2)26-13(11-3-5-12(6-4-11)18(19,20)21)16(7-22,8-23)17(10,9-24)14(25)27-15/h3-6,10,13,25H,1-2H3. The van der Waals surface area contributed by atoms with Crippen LogP contribution in [0.5, 0.6) is 0 Å². The number of fused-ring (bicyclic) bond motifs is 2. The largest absolute Gasteiger partial charge is 0.448 e. The van der Waals surface area contributed by atoms with Crippen LogP contribution in [0.1, 0.15) is 31.1 Å². The molecule has 2 bridgehead atoms. The van der Waals surface area contributed by atoms with Gasteiger partial charge >= 0.3 is 6.18 Å². The Bertz CT molecular complexity index is 924. The van der Waals surface area contributed by atoms with E-state index in [0.29, 0.717) is 0 Å². The first kappa shape index (κ1) is 18.7. The van der Waals surface area contributed by atoms with Crippen LogP contribution in [0.15, 0.2) is 24.3 Å². The molecule has 9 heteroatoms. The van der Waals surface area contributed by atoms with Gasteiger partial charge in [0.15, 0.2) is 5.41 Å². The number of nitrogens with one attached hydrogen (secondary N) is 1. The van der Waals surface area contributed by atoms with E-state index in [9.17, 15) is 29.0 Å². The lowest BCUT2D eigenvalue weighted by Crippen LogP contribution is -2.57. The zero-order valence-corrected chi connectivity index (χ0v) is 14.3. The maximum absolute atomic E-state index is 12.8. The van der Waals surface area contributed by atoms with Crippen LogP contribution < -0.4 is 0 Å². The highest BCUT2D eigenvalue weighted by Crippen LogP contribution is 2.66. The lowest BCUT2D eigenvalue weighted by molar-refractivity contribution is -0.268. The van der Waals surface area contributed by atoms with E-state index >= 15 is 0 Å². The molecule has 0 saturated carbocycles. The van der Waals surface area contributed by atoms with Crippen LogP contribution in [-0.2, 0) is 15.7 Å². The Labute approximate surface area is 152 Å². The van der Waals surface area contributed by atoms with E-state index in [2.05, 4.69) is 0 Å². The summed E-state index contributed by atoms with van der Waals surface area (Å²) in [5, 5.41) is 37.7. The summed E-state index contributed by atoms with van der Waals surface area (Å²) in [6, 6.07) is 9.35. The van der Waals surface area contributed by atoms with Crippen LogP contribution >= 0.6 is 0 Å². The van der Waals surface area contributed by atoms with Crippen LogP contribution in [-0.4, -0.2) is 11.7 Å². The zero-order chi connectivity index (χ0) is 20.3. The smallest absolute Gasteiger partial charge is 0.416 e. The van der Waals surface area contributed by atoms with Crippen molar-refractivity contribution >= 4 is 5.90 Å². The average Bonchev–Trinajstić information content (AvgIpc) is 2.76. The maximum atomic E-state index is 12.8. The minimum absolute atomic E-state index is 0.113. The normalized spacial score (nSPS) is 34.1. The fourth-order valence-electron chi connectivity index (χ4n) is 3.86. The van der Waals surface area contributed by atoms with Gasteiger partial charge in [-0.15, -0.1) is 0 Å². The highest BCUT2D eigenvalue weighted by Gasteiger charge is 2.78. The van der Waals surface area contributed by atoms with E-state index in [1.165, 1.54) is 13.8 Å². The third kappa shape index (κ3) is 2.11. The van der Waals surface area contributed by atoms with Crippen molar-refractivity contribution in [3.63, 3.8) is 0 Å². The molecule has 1 N–H and O–H groups in total. The Balaban J connectivity index is 2.23. The number of ether oxygens (including phenoxy) is 2. The molecule has 6 nitrogen and oxygen atoms in total. The minimum Gasteiger partial charge on any atom is -0.448 e. The monoisotopic (exact) mass is 374 g/mol. The summed E-state index contributed by atoms with van der Waals surface area (Å²) < 4.78 is 49.8. The van der Waals surface area contributed by atoms with Crippen molar-refractivity contribution in [1.82, 2.24) is 0 Å². The predicted octanol–water partition coefficient (Wildman–Crippen LogP) is 3.68. The van der Waals surface area contributed by atoms with Crippen molar-refractivity contribution in [2.75, 3.05) is 0 Å². The second-order valence-corrected chi connectivity index (χ2v) is 6.74. The molecule has 0 amide bonds. The molecule has 0 spiro atoms. The average molecular weight is 374 g/mol. The zero-order valence-electron chi connectivity index (χ0n) is 14.3. The molecule has 4 atom stereocenters. The van der Waals surface area contributed by atoms with Gasteiger partial charge in [0, 0.05) is 6.92 Å². The molecule has 1 aromatic rings. The van der Waals surface area contributed by atoms with Crippen LogP contribution in [0.4, 0.5) is 13.2 Å². The van der Waals surface area contributed by atoms with Crippen LogP contribution in [0.25, 0.3) is 0 Å². The molecule has 138 valence electrons. The molecule has 3 rings (SSSR count). The molecular weight excluding hydrogens is 361 g/mol. The second-order valence-electron chi connectivity index (χ2n) is 6.74. The SMILES string of the molecule is CC1C2(C)OC(=N)C1(C#N)C(C#N)(C#N)C(c1ccc(C(F)(F)F)cc1)O2. The Kier molecular flexibility index (Phi) is 3.78. The van der Waals surface area contributed by atoms with Gasteiger partial charge in [0.1, 0.15) is 6.10 Å². The molecule has 2 heterocycles. The fraction of sp³-hybridized carbons (Fsp3) is 0.444. The first-order chi connectivity index (χ1) is 12.5. The molecule has 0 aliphatic carbocycles. The van der Waals surface area contributed by atoms with E-state index in [0.717, 1.165) is 24.3 Å². The highest BCUT2D eigenvalue weighted by molar-refractivity contribution is 5.89. The van der Waals surface area contributed by atoms with Crippen molar-refractivity contribution in [1.29, 1.82) is 21.2 Å². The molecule has 2 fully saturated rings. The topological polar surface area (TPSA) is 114 Å². The van der Waals surface area contributed by atoms with Crippen LogP contribution in [0, 0.1) is 56.2 Å². The van der Waals surface area contributed by atoms with Crippen molar-refractivity contribution in [2.45, 2.75) is 31.9 Å². The number of halogens is 3. The summed E-state index contributed by atoms with van der Waals surface area (Å²) in [7, 11) is 0. The third-order valence-corrected chi connectivity index (χ3v) is 5.54. The molecule has 1 aromatic carbocycles. The number of hydrogen-bond acceptors (Lipinski definition) is 6. The highest BCUT2D eigenvalue weighted by atomic mass is 19.4. The van der Waals surface area contributed by atoms with Gasteiger partial charge in [-0.05, 0) is 17.7 Å². The summed E-state index contributed by atoms with van der Waals surface area (Å²) in [6.45, 7) is 3.01. The first-order valence-electron chi connectivity index (χ1n) is 7.89. The first-order valence-corrected chi connectivity index (χ1v) is 7.89. The van der Waals surface area contributed by atoms with E-state index in [1.54, 1.807) is 12.1 Å². The van der Waals surface area contributed by atoms with Crippen molar-refractivity contribution in [2.24, 2.45) is 16.7 Å². The molecular formula is C18H13F3N4O2. The number of alkyl halides is 3. The van der Waals surface area contributed by atoms with Gasteiger partial charge in [0.05, 0.1) is 29.7 Å². The van der Waals surface area contributed by atoms with Crippen LogP contribution in [0.2, 0.25) is 0 Å². The van der Waals surface area contributed by atoms with E-state index < -0.39 is 46.3 Å². The predicted molar refractivity (Wildman–Crippen MR) is 83.4 cm³/mol. The number of nitrogens with zero attached hydrogens (tertiary/aromatic N) is 3. The minimum atomic E-state index is -4.55. The quantitative estimate of drug-likeness (QED) is 0.805. The summed E-state index contributed by atoms with van der Waals surface area (Å²) in [6.07, 6.45) is -5.93. The van der Waals surface area contributed by atoms with Gasteiger partial charge in [-0.2, -0.15) is 29.0 Å². The lowest BCUT2D eigenvalue weighted by atomic mass is 9.54. The Morgan fingerprint density at radius 2 is 1.63 bits per heavy atom. The van der Waals surface area contributed by atoms with Gasteiger partial charge in [-0.3, -0.25) is 5.41 Å². The molecule has 4 unspecified atom stereocenters. The van der Waals surface area contributed by atoms with Gasteiger partial charge in [-0.25, -0.2) is 0 Å². The van der Waals surface area contributed by atoms with Gasteiger partial charge in [0.25, 0.3) is 0 Å². The Hall–Kier alpha value is -3.09. The molecule has 2 aliphatic heterocycles. The number of rotatable bonds is 1. The molecule has 2 aliphatic rings. The summed E-state index contributed by atoms with van der Waals surface area (Å²) in [5.41, 5.74) is -4.88. The molecule has 0 aromatic heterocycles. The summed E-state index contributed by atoms with van der Waals surface area (Å²) in [5.74, 6) is -2.86. The Morgan fingerprint density at radius 1 is 1.07 bits per heavy atom. The van der Waals surface area contributed by atoms with E-state index in [-0.39, 0.29) is 5.56 Å².